The standard InChI is InChI=1S/C12H26N2/c1-10(2)12(5)14-8-6-13(7-9-14)11(3)4/h10-12H,6-9H2,1-5H3. The molecule has 1 unspecified atom stereocenters. The predicted molar refractivity (Wildman–Crippen MR) is 62.6 cm³/mol. The van der Waals surface area contributed by atoms with E-state index in [4.69, 9.17) is 0 Å². The minimum absolute atomic E-state index is 0.714. The fourth-order valence-electron chi connectivity index (χ4n) is 2.08. The third kappa shape index (κ3) is 2.96. The van der Waals surface area contributed by atoms with Gasteiger partial charge in [-0.2, -0.15) is 0 Å². The average molecular weight is 198 g/mol. The molecular formula is C12H26N2. The molecule has 1 heterocycles. The first-order valence-electron chi connectivity index (χ1n) is 6.00. The quantitative estimate of drug-likeness (QED) is 0.685. The number of piperazine rings is 1. The second kappa shape index (κ2) is 5.13. The summed E-state index contributed by atoms with van der Waals surface area (Å²) in [5, 5.41) is 0. The van der Waals surface area contributed by atoms with Crippen LogP contribution >= 0.6 is 0 Å². The Morgan fingerprint density at radius 3 is 1.50 bits per heavy atom. The molecule has 2 nitrogen and oxygen atoms in total. The van der Waals surface area contributed by atoms with Gasteiger partial charge in [0.05, 0.1) is 0 Å². The molecule has 0 radical (unpaired) electrons. The molecule has 1 atom stereocenters. The first-order valence-corrected chi connectivity index (χ1v) is 6.00. The van der Waals surface area contributed by atoms with E-state index in [1.54, 1.807) is 0 Å². The van der Waals surface area contributed by atoms with Crippen LogP contribution in [0.15, 0.2) is 0 Å². The molecule has 1 rings (SSSR count). The molecule has 2 heteroatoms. The number of nitrogens with zero attached hydrogens (tertiary/aromatic N) is 2. The Labute approximate surface area is 89.3 Å². The fraction of sp³-hybridized carbons (Fsp3) is 1.00. The first kappa shape index (κ1) is 12.0. The minimum Gasteiger partial charge on any atom is -0.298 e. The Kier molecular flexibility index (Phi) is 4.39. The Bertz CT molecular complexity index is 158. The second-order valence-corrected chi connectivity index (χ2v) is 5.15. The van der Waals surface area contributed by atoms with Crippen LogP contribution < -0.4 is 0 Å². The van der Waals surface area contributed by atoms with Crippen LogP contribution in [-0.4, -0.2) is 48.1 Å². The van der Waals surface area contributed by atoms with Gasteiger partial charge in [-0.1, -0.05) is 13.8 Å². The zero-order chi connectivity index (χ0) is 10.7. The van der Waals surface area contributed by atoms with Crippen LogP contribution in [0.1, 0.15) is 34.6 Å². The van der Waals surface area contributed by atoms with Crippen molar-refractivity contribution in [2.45, 2.75) is 46.7 Å². The van der Waals surface area contributed by atoms with Crippen LogP contribution in [0.4, 0.5) is 0 Å². The van der Waals surface area contributed by atoms with E-state index in [0.29, 0.717) is 6.04 Å². The van der Waals surface area contributed by atoms with Crippen molar-refractivity contribution in [3.8, 4) is 0 Å². The number of hydrogen-bond acceptors (Lipinski definition) is 2. The van der Waals surface area contributed by atoms with Crippen molar-refractivity contribution >= 4 is 0 Å². The predicted octanol–water partition coefficient (Wildman–Crippen LogP) is 2.06. The fourth-order valence-corrected chi connectivity index (χ4v) is 2.08. The zero-order valence-corrected chi connectivity index (χ0v) is 10.5. The van der Waals surface area contributed by atoms with Gasteiger partial charge in [-0.3, -0.25) is 9.80 Å². The second-order valence-electron chi connectivity index (χ2n) is 5.15. The van der Waals surface area contributed by atoms with E-state index < -0.39 is 0 Å². The Morgan fingerprint density at radius 2 is 1.14 bits per heavy atom. The van der Waals surface area contributed by atoms with Crippen molar-refractivity contribution in [1.82, 2.24) is 9.80 Å². The van der Waals surface area contributed by atoms with Gasteiger partial charge < -0.3 is 0 Å². The third-order valence-corrected chi connectivity index (χ3v) is 3.62. The molecule has 0 amide bonds. The van der Waals surface area contributed by atoms with Gasteiger partial charge in [0, 0.05) is 38.3 Å². The molecule has 0 N–H and O–H groups in total. The van der Waals surface area contributed by atoms with Crippen molar-refractivity contribution in [3.05, 3.63) is 0 Å². The minimum atomic E-state index is 0.714. The maximum absolute atomic E-state index is 2.63. The van der Waals surface area contributed by atoms with Gasteiger partial charge in [-0.15, -0.1) is 0 Å². The summed E-state index contributed by atoms with van der Waals surface area (Å²) in [4.78, 5) is 5.20. The maximum Gasteiger partial charge on any atom is 0.0113 e. The lowest BCUT2D eigenvalue weighted by molar-refractivity contribution is 0.0686. The Hall–Kier alpha value is -0.0800. The summed E-state index contributed by atoms with van der Waals surface area (Å²) in [6, 6.07) is 1.45. The summed E-state index contributed by atoms with van der Waals surface area (Å²) in [5.41, 5.74) is 0. The molecule has 1 saturated heterocycles. The topological polar surface area (TPSA) is 6.48 Å². The third-order valence-electron chi connectivity index (χ3n) is 3.62. The number of hydrogen-bond donors (Lipinski definition) is 0. The lowest BCUT2D eigenvalue weighted by Gasteiger charge is -2.41. The Morgan fingerprint density at radius 1 is 0.714 bits per heavy atom. The molecule has 0 aliphatic carbocycles. The van der Waals surface area contributed by atoms with Crippen LogP contribution in [-0.2, 0) is 0 Å². The van der Waals surface area contributed by atoms with Crippen LogP contribution in [0.25, 0.3) is 0 Å². The van der Waals surface area contributed by atoms with Gasteiger partial charge in [-0.05, 0) is 26.7 Å². The SMILES string of the molecule is CC(C)C(C)N1CCN(C(C)C)CC1. The number of rotatable bonds is 3. The molecule has 0 aromatic rings. The van der Waals surface area contributed by atoms with Gasteiger partial charge in [0.15, 0.2) is 0 Å². The van der Waals surface area contributed by atoms with Crippen molar-refractivity contribution in [3.63, 3.8) is 0 Å². The molecule has 14 heavy (non-hydrogen) atoms. The molecule has 84 valence electrons. The van der Waals surface area contributed by atoms with E-state index in [1.807, 2.05) is 0 Å². The van der Waals surface area contributed by atoms with E-state index >= 15 is 0 Å². The van der Waals surface area contributed by atoms with Crippen LogP contribution in [0, 0.1) is 5.92 Å². The van der Waals surface area contributed by atoms with Gasteiger partial charge in [0.1, 0.15) is 0 Å². The lowest BCUT2D eigenvalue weighted by Crippen LogP contribution is -2.52. The van der Waals surface area contributed by atoms with Crippen LogP contribution in [0.2, 0.25) is 0 Å². The summed E-state index contributed by atoms with van der Waals surface area (Å²) in [5.74, 6) is 0.778. The summed E-state index contributed by atoms with van der Waals surface area (Å²) in [6.45, 7) is 16.6. The van der Waals surface area contributed by atoms with Crippen molar-refractivity contribution in [2.24, 2.45) is 5.92 Å². The van der Waals surface area contributed by atoms with Crippen LogP contribution in [0.5, 0.6) is 0 Å². The van der Waals surface area contributed by atoms with Gasteiger partial charge in [-0.25, -0.2) is 0 Å². The zero-order valence-electron chi connectivity index (χ0n) is 10.5. The highest BCUT2D eigenvalue weighted by atomic mass is 15.3. The summed E-state index contributed by atoms with van der Waals surface area (Å²) in [7, 11) is 0. The van der Waals surface area contributed by atoms with E-state index in [9.17, 15) is 0 Å². The summed E-state index contributed by atoms with van der Waals surface area (Å²) < 4.78 is 0. The lowest BCUT2D eigenvalue weighted by atomic mass is 10.0. The van der Waals surface area contributed by atoms with Crippen LogP contribution in [0.3, 0.4) is 0 Å². The average Bonchev–Trinajstić information content (AvgIpc) is 2.16. The van der Waals surface area contributed by atoms with E-state index in [2.05, 4.69) is 44.4 Å². The van der Waals surface area contributed by atoms with Gasteiger partial charge >= 0.3 is 0 Å². The molecule has 1 fully saturated rings. The molecular weight excluding hydrogens is 172 g/mol. The van der Waals surface area contributed by atoms with E-state index in [0.717, 1.165) is 12.0 Å². The summed E-state index contributed by atoms with van der Waals surface area (Å²) >= 11 is 0. The molecule has 0 aromatic carbocycles. The first-order chi connectivity index (χ1) is 6.52. The normalized spacial score (nSPS) is 23.4. The summed E-state index contributed by atoms with van der Waals surface area (Å²) in [6.07, 6.45) is 0. The smallest absolute Gasteiger partial charge is 0.0113 e. The van der Waals surface area contributed by atoms with Crippen molar-refractivity contribution in [2.75, 3.05) is 26.2 Å². The van der Waals surface area contributed by atoms with Crippen molar-refractivity contribution in [1.29, 1.82) is 0 Å². The molecule has 0 aromatic heterocycles. The molecule has 1 aliphatic rings. The maximum atomic E-state index is 2.63. The van der Waals surface area contributed by atoms with E-state index in [1.165, 1.54) is 26.2 Å². The highest BCUT2D eigenvalue weighted by Crippen LogP contribution is 2.14. The molecule has 0 saturated carbocycles. The van der Waals surface area contributed by atoms with Crippen molar-refractivity contribution < 1.29 is 0 Å². The highest BCUT2D eigenvalue weighted by molar-refractivity contribution is 4.78. The van der Waals surface area contributed by atoms with Gasteiger partial charge in [0.2, 0.25) is 0 Å². The monoisotopic (exact) mass is 198 g/mol. The highest BCUT2D eigenvalue weighted by Gasteiger charge is 2.23. The molecule has 0 bridgehead atoms. The van der Waals surface area contributed by atoms with E-state index in [-0.39, 0.29) is 0 Å². The molecule has 0 spiro atoms. The largest absolute Gasteiger partial charge is 0.298 e. The molecule has 1 aliphatic heterocycles. The Balaban J connectivity index is 2.35. The van der Waals surface area contributed by atoms with Gasteiger partial charge in [0.25, 0.3) is 0 Å².